The molecule has 0 radical (unpaired) electrons. The number of esters is 1. The third-order valence-electron chi connectivity index (χ3n) is 6.13. The standard InChI is InChI=1S/C17H21N3O5/c1-15(2)24-12-11(20-8-18-13(19-20)14(22)23-3)9-5-4-6-10(21)16(9)7-17(12,16)25-15/h5,8,10-12,21H,4,6-7H2,1-3H3/t10-,11-,12+,16-,17+/m1/s1. The number of methoxy groups -OCH3 is 1. The van der Waals surface area contributed by atoms with E-state index in [0.717, 1.165) is 24.8 Å². The summed E-state index contributed by atoms with van der Waals surface area (Å²) in [7, 11) is 1.30. The largest absolute Gasteiger partial charge is 0.463 e. The summed E-state index contributed by atoms with van der Waals surface area (Å²) in [5.74, 6) is -1.28. The van der Waals surface area contributed by atoms with Gasteiger partial charge in [-0.2, -0.15) is 0 Å². The minimum absolute atomic E-state index is 0.0151. The fourth-order valence-corrected chi connectivity index (χ4v) is 5.28. The lowest BCUT2D eigenvalue weighted by Crippen LogP contribution is -2.35. The van der Waals surface area contributed by atoms with Gasteiger partial charge >= 0.3 is 5.97 Å². The maximum atomic E-state index is 11.7. The van der Waals surface area contributed by atoms with Crippen molar-refractivity contribution >= 4 is 5.97 Å². The van der Waals surface area contributed by atoms with Gasteiger partial charge < -0.3 is 19.3 Å². The van der Waals surface area contributed by atoms with Crippen LogP contribution in [0.1, 0.15) is 49.8 Å². The number of hydrogen-bond donors (Lipinski definition) is 1. The maximum absolute atomic E-state index is 11.7. The van der Waals surface area contributed by atoms with E-state index < -0.39 is 28.9 Å². The van der Waals surface area contributed by atoms with Gasteiger partial charge in [-0.25, -0.2) is 14.5 Å². The smallest absolute Gasteiger partial charge is 0.377 e. The molecule has 1 aliphatic heterocycles. The van der Waals surface area contributed by atoms with Crippen LogP contribution in [0.25, 0.3) is 0 Å². The SMILES string of the molecule is COC(=O)c1ncn([C@@H]2C3=CCC[C@@H](O)[C@@]34C[C@@]43OC(C)(C)O[C@@H]23)n1. The molecule has 8 heteroatoms. The molecule has 3 fully saturated rings. The van der Waals surface area contributed by atoms with Crippen LogP contribution in [0.3, 0.4) is 0 Å². The van der Waals surface area contributed by atoms with Crippen LogP contribution in [0.5, 0.6) is 0 Å². The van der Waals surface area contributed by atoms with E-state index >= 15 is 0 Å². The number of ether oxygens (including phenoxy) is 3. The van der Waals surface area contributed by atoms with Crippen molar-refractivity contribution in [1.29, 1.82) is 0 Å². The second kappa shape index (κ2) is 4.49. The number of aliphatic hydroxyl groups is 1. The first kappa shape index (κ1) is 15.5. The van der Waals surface area contributed by atoms with E-state index in [2.05, 4.69) is 16.2 Å². The summed E-state index contributed by atoms with van der Waals surface area (Å²) in [5.41, 5.74) is 0.156. The van der Waals surface area contributed by atoms with Crippen LogP contribution in [-0.2, 0) is 14.2 Å². The van der Waals surface area contributed by atoms with Crippen LogP contribution in [0, 0.1) is 5.41 Å². The quantitative estimate of drug-likeness (QED) is 0.629. The van der Waals surface area contributed by atoms with Crippen LogP contribution in [0.15, 0.2) is 18.0 Å². The van der Waals surface area contributed by atoms with Gasteiger partial charge in [0.05, 0.1) is 18.6 Å². The normalized spacial score (nSPS) is 43.0. The number of nitrogens with zero attached hydrogens (tertiary/aromatic N) is 3. The summed E-state index contributed by atoms with van der Waals surface area (Å²) in [5, 5.41) is 15.1. The van der Waals surface area contributed by atoms with Crippen molar-refractivity contribution in [3.8, 4) is 0 Å². The second-order valence-electron chi connectivity index (χ2n) is 7.82. The summed E-state index contributed by atoms with van der Waals surface area (Å²) in [6, 6.07) is -0.239. The van der Waals surface area contributed by atoms with Crippen molar-refractivity contribution in [2.24, 2.45) is 5.41 Å². The minimum atomic E-state index is -0.721. The van der Waals surface area contributed by atoms with Crippen molar-refractivity contribution in [2.45, 2.75) is 62.7 Å². The molecule has 3 aliphatic carbocycles. The molecule has 25 heavy (non-hydrogen) atoms. The van der Waals surface area contributed by atoms with E-state index in [1.165, 1.54) is 13.4 Å². The molecule has 2 heterocycles. The molecule has 5 rings (SSSR count). The van der Waals surface area contributed by atoms with Crippen molar-refractivity contribution in [2.75, 3.05) is 7.11 Å². The van der Waals surface area contributed by atoms with Gasteiger partial charge in [-0.3, -0.25) is 0 Å². The minimum Gasteiger partial charge on any atom is -0.463 e. The summed E-state index contributed by atoms with van der Waals surface area (Å²) in [4.78, 5) is 15.8. The first-order valence-corrected chi connectivity index (χ1v) is 8.61. The average molecular weight is 347 g/mol. The molecular formula is C17H21N3O5. The Balaban J connectivity index is 1.61. The van der Waals surface area contributed by atoms with Crippen LogP contribution in [-0.4, -0.2) is 56.5 Å². The number of carbonyl (C=O) groups is 1. The fourth-order valence-electron chi connectivity index (χ4n) is 5.28. The van der Waals surface area contributed by atoms with Gasteiger partial charge in [-0.05, 0) is 38.7 Å². The Labute approximate surface area is 144 Å². The highest BCUT2D eigenvalue weighted by molar-refractivity contribution is 5.84. The molecule has 0 bridgehead atoms. The summed E-state index contributed by atoms with van der Waals surface area (Å²) in [6.45, 7) is 3.78. The monoisotopic (exact) mass is 347 g/mol. The highest BCUT2D eigenvalue weighted by Gasteiger charge is 2.87. The first-order chi connectivity index (χ1) is 11.8. The van der Waals surface area contributed by atoms with Gasteiger partial charge in [-0.15, -0.1) is 5.10 Å². The topological polar surface area (TPSA) is 95.7 Å². The summed E-state index contributed by atoms with van der Waals surface area (Å²) < 4.78 is 18.9. The third kappa shape index (κ3) is 1.70. The molecule has 134 valence electrons. The van der Waals surface area contributed by atoms with E-state index in [1.54, 1.807) is 4.68 Å². The van der Waals surface area contributed by atoms with Crippen LogP contribution < -0.4 is 0 Å². The Morgan fingerprint density at radius 1 is 1.48 bits per heavy atom. The van der Waals surface area contributed by atoms with E-state index in [-0.39, 0.29) is 18.0 Å². The van der Waals surface area contributed by atoms with Gasteiger partial charge in [0.15, 0.2) is 5.79 Å². The van der Waals surface area contributed by atoms with Crippen molar-refractivity contribution in [3.63, 3.8) is 0 Å². The Morgan fingerprint density at radius 2 is 2.28 bits per heavy atom. The highest BCUT2D eigenvalue weighted by atomic mass is 16.8. The van der Waals surface area contributed by atoms with Gasteiger partial charge in [0.1, 0.15) is 24.1 Å². The first-order valence-electron chi connectivity index (χ1n) is 8.61. The molecule has 2 spiro atoms. The molecule has 4 aliphatic rings. The Hall–Kier alpha value is -1.77. The van der Waals surface area contributed by atoms with Gasteiger partial charge in [0.25, 0.3) is 5.82 Å². The molecule has 2 saturated carbocycles. The molecule has 0 aromatic carbocycles. The zero-order valence-electron chi connectivity index (χ0n) is 14.4. The average Bonchev–Trinajstić information content (AvgIpc) is 2.87. The molecular weight excluding hydrogens is 326 g/mol. The number of carbonyl (C=O) groups excluding carboxylic acids is 1. The lowest BCUT2D eigenvalue weighted by atomic mass is 9.81. The lowest BCUT2D eigenvalue weighted by molar-refractivity contribution is -0.161. The second-order valence-corrected chi connectivity index (χ2v) is 7.82. The van der Waals surface area contributed by atoms with Gasteiger partial charge in [-0.1, -0.05) is 6.08 Å². The van der Waals surface area contributed by atoms with E-state index in [0.29, 0.717) is 0 Å². The number of allylic oxidation sites excluding steroid dienone is 1. The van der Waals surface area contributed by atoms with E-state index in [4.69, 9.17) is 14.2 Å². The van der Waals surface area contributed by atoms with E-state index in [1.807, 2.05) is 13.8 Å². The van der Waals surface area contributed by atoms with E-state index in [9.17, 15) is 9.90 Å². The molecule has 1 N–H and O–H groups in total. The zero-order valence-corrected chi connectivity index (χ0v) is 14.4. The summed E-state index contributed by atoms with van der Waals surface area (Å²) in [6.07, 6.45) is 5.26. The van der Waals surface area contributed by atoms with Crippen molar-refractivity contribution < 1.29 is 24.1 Å². The van der Waals surface area contributed by atoms with Gasteiger partial charge in [0, 0.05) is 0 Å². The molecule has 0 amide bonds. The van der Waals surface area contributed by atoms with Crippen molar-refractivity contribution in [3.05, 3.63) is 23.8 Å². The Kier molecular flexibility index (Phi) is 2.78. The molecule has 1 saturated heterocycles. The van der Waals surface area contributed by atoms with Crippen LogP contribution in [0.4, 0.5) is 0 Å². The number of aliphatic hydroxyl groups excluding tert-OH is 1. The van der Waals surface area contributed by atoms with Crippen molar-refractivity contribution in [1.82, 2.24) is 14.8 Å². The molecule has 1 aromatic heterocycles. The predicted octanol–water partition coefficient (Wildman–Crippen LogP) is 0.981. The fraction of sp³-hybridized carbons (Fsp3) is 0.706. The Bertz CT molecular complexity index is 802. The number of aromatic nitrogens is 3. The van der Waals surface area contributed by atoms with Crippen LogP contribution >= 0.6 is 0 Å². The third-order valence-corrected chi connectivity index (χ3v) is 6.13. The highest BCUT2D eigenvalue weighted by Crippen LogP contribution is 2.80. The molecule has 1 aromatic rings. The summed E-state index contributed by atoms with van der Waals surface area (Å²) >= 11 is 0. The maximum Gasteiger partial charge on any atom is 0.377 e. The molecule has 0 unspecified atom stereocenters. The van der Waals surface area contributed by atoms with Gasteiger partial charge in [0.2, 0.25) is 0 Å². The Morgan fingerprint density at radius 3 is 3.04 bits per heavy atom. The lowest BCUT2D eigenvalue weighted by Gasteiger charge is -2.32. The molecule has 8 nitrogen and oxygen atoms in total. The van der Waals surface area contributed by atoms with Crippen LogP contribution in [0.2, 0.25) is 0 Å². The molecule has 5 atom stereocenters. The predicted molar refractivity (Wildman–Crippen MR) is 83.5 cm³/mol. The zero-order chi connectivity index (χ0) is 17.6. The number of rotatable bonds is 2. The number of hydrogen-bond acceptors (Lipinski definition) is 7.